The number of hydrogen-bond acceptors (Lipinski definition) is 6. The maximum atomic E-state index is 12.3. The van der Waals surface area contributed by atoms with Crippen molar-refractivity contribution in [3.05, 3.63) is 36.1 Å². The maximum absolute atomic E-state index is 12.3. The van der Waals surface area contributed by atoms with E-state index in [-0.39, 0.29) is 5.91 Å². The number of anilines is 2. The third-order valence-electron chi connectivity index (χ3n) is 4.34. The van der Waals surface area contributed by atoms with Crippen molar-refractivity contribution in [1.29, 1.82) is 0 Å². The number of methoxy groups -OCH3 is 1. The summed E-state index contributed by atoms with van der Waals surface area (Å²) in [6.45, 7) is 5.57. The van der Waals surface area contributed by atoms with E-state index in [2.05, 4.69) is 27.5 Å². The summed E-state index contributed by atoms with van der Waals surface area (Å²) < 4.78 is 10.2. The molecule has 2 heterocycles. The Labute approximate surface area is 147 Å². The van der Waals surface area contributed by atoms with Crippen LogP contribution in [0.5, 0.6) is 5.75 Å². The molecule has 2 aromatic rings. The normalized spacial score (nSPS) is 14.5. The molecule has 1 saturated heterocycles. The number of aromatic nitrogens is 1. The number of aryl methyl sites for hydroxylation is 1. The van der Waals surface area contributed by atoms with Crippen molar-refractivity contribution in [1.82, 2.24) is 10.1 Å². The SMILES string of the molecule is COc1ccc(N2CCN(C(=O)CCNc3cc(C)on3)CC2)cc1. The zero-order valence-electron chi connectivity index (χ0n) is 14.7. The van der Waals surface area contributed by atoms with Gasteiger partial charge in [-0.25, -0.2) is 0 Å². The molecule has 1 amide bonds. The highest BCUT2D eigenvalue weighted by atomic mass is 16.5. The van der Waals surface area contributed by atoms with Crippen LogP contribution in [-0.4, -0.2) is 55.8 Å². The summed E-state index contributed by atoms with van der Waals surface area (Å²) in [7, 11) is 1.66. The van der Waals surface area contributed by atoms with Crippen molar-refractivity contribution in [2.24, 2.45) is 0 Å². The first-order valence-corrected chi connectivity index (χ1v) is 8.49. The van der Waals surface area contributed by atoms with E-state index in [0.29, 0.717) is 18.8 Å². The van der Waals surface area contributed by atoms with Gasteiger partial charge in [-0.2, -0.15) is 0 Å². The average molecular weight is 344 g/mol. The molecule has 0 unspecified atom stereocenters. The summed E-state index contributed by atoms with van der Waals surface area (Å²) >= 11 is 0. The first-order valence-electron chi connectivity index (χ1n) is 8.49. The van der Waals surface area contributed by atoms with Crippen LogP contribution in [0.15, 0.2) is 34.9 Å². The van der Waals surface area contributed by atoms with E-state index in [0.717, 1.165) is 43.4 Å². The van der Waals surface area contributed by atoms with Gasteiger partial charge in [-0.1, -0.05) is 5.16 Å². The second-order valence-corrected chi connectivity index (χ2v) is 6.07. The molecule has 1 aromatic heterocycles. The van der Waals surface area contributed by atoms with Crippen LogP contribution >= 0.6 is 0 Å². The van der Waals surface area contributed by atoms with E-state index >= 15 is 0 Å². The van der Waals surface area contributed by atoms with Crippen LogP contribution in [0.2, 0.25) is 0 Å². The number of benzene rings is 1. The standard InChI is InChI=1S/C18H24N4O3/c1-14-13-17(20-25-14)19-8-7-18(23)22-11-9-21(10-12-22)15-3-5-16(24-2)6-4-15/h3-6,13H,7-12H2,1-2H3,(H,19,20). The Morgan fingerprint density at radius 1 is 1.24 bits per heavy atom. The lowest BCUT2D eigenvalue weighted by Crippen LogP contribution is -2.49. The molecule has 1 aliphatic rings. The molecular formula is C18H24N4O3. The van der Waals surface area contributed by atoms with E-state index in [1.807, 2.05) is 30.0 Å². The van der Waals surface area contributed by atoms with Gasteiger partial charge in [-0.3, -0.25) is 4.79 Å². The van der Waals surface area contributed by atoms with E-state index in [9.17, 15) is 4.79 Å². The van der Waals surface area contributed by atoms with Crippen LogP contribution in [-0.2, 0) is 4.79 Å². The first kappa shape index (κ1) is 17.1. The van der Waals surface area contributed by atoms with Crippen LogP contribution in [0.4, 0.5) is 11.5 Å². The fraction of sp³-hybridized carbons (Fsp3) is 0.444. The molecular weight excluding hydrogens is 320 g/mol. The minimum atomic E-state index is 0.169. The van der Waals surface area contributed by atoms with Gasteiger partial charge in [0.2, 0.25) is 5.91 Å². The zero-order valence-corrected chi connectivity index (χ0v) is 14.7. The monoisotopic (exact) mass is 344 g/mol. The number of rotatable bonds is 6. The number of piperazine rings is 1. The number of amides is 1. The number of nitrogens with one attached hydrogen (secondary N) is 1. The lowest BCUT2D eigenvalue weighted by Gasteiger charge is -2.36. The number of carbonyl (C=O) groups excluding carboxylic acids is 1. The summed E-state index contributed by atoms with van der Waals surface area (Å²) in [6, 6.07) is 9.85. The van der Waals surface area contributed by atoms with Crippen molar-refractivity contribution >= 4 is 17.4 Å². The van der Waals surface area contributed by atoms with Crippen LogP contribution in [0, 0.1) is 6.92 Å². The van der Waals surface area contributed by atoms with Gasteiger partial charge >= 0.3 is 0 Å². The van der Waals surface area contributed by atoms with Gasteiger partial charge in [-0.15, -0.1) is 0 Å². The summed E-state index contributed by atoms with van der Waals surface area (Å²) in [5, 5.41) is 6.96. The fourth-order valence-corrected chi connectivity index (χ4v) is 2.91. The Bertz CT molecular complexity index is 691. The molecule has 25 heavy (non-hydrogen) atoms. The highest BCUT2D eigenvalue weighted by molar-refractivity contribution is 5.77. The van der Waals surface area contributed by atoms with E-state index < -0.39 is 0 Å². The van der Waals surface area contributed by atoms with Crippen LogP contribution in [0.1, 0.15) is 12.2 Å². The number of ether oxygens (including phenoxy) is 1. The largest absolute Gasteiger partial charge is 0.497 e. The molecule has 3 rings (SSSR count). The van der Waals surface area contributed by atoms with E-state index in [4.69, 9.17) is 9.26 Å². The minimum absolute atomic E-state index is 0.169. The van der Waals surface area contributed by atoms with Gasteiger partial charge in [0.25, 0.3) is 0 Å². The molecule has 7 nitrogen and oxygen atoms in total. The molecule has 0 aliphatic carbocycles. The van der Waals surface area contributed by atoms with Crippen molar-refractivity contribution in [2.45, 2.75) is 13.3 Å². The van der Waals surface area contributed by atoms with Gasteiger partial charge in [0, 0.05) is 50.9 Å². The van der Waals surface area contributed by atoms with Crippen molar-refractivity contribution in [2.75, 3.05) is 50.1 Å². The van der Waals surface area contributed by atoms with Crippen molar-refractivity contribution in [3.63, 3.8) is 0 Å². The van der Waals surface area contributed by atoms with Gasteiger partial charge in [-0.05, 0) is 31.2 Å². The van der Waals surface area contributed by atoms with Crippen molar-refractivity contribution in [3.8, 4) is 5.75 Å². The Morgan fingerprint density at radius 3 is 2.56 bits per heavy atom. The molecule has 0 atom stereocenters. The Hall–Kier alpha value is -2.70. The first-order chi connectivity index (χ1) is 12.2. The molecule has 1 aliphatic heterocycles. The van der Waals surface area contributed by atoms with Gasteiger partial charge in [0.1, 0.15) is 11.5 Å². The number of hydrogen-bond donors (Lipinski definition) is 1. The Balaban J connectivity index is 1.42. The summed E-state index contributed by atoms with van der Waals surface area (Å²) in [5.74, 6) is 2.45. The second-order valence-electron chi connectivity index (χ2n) is 6.07. The summed E-state index contributed by atoms with van der Waals surface area (Å²) in [6.07, 6.45) is 0.453. The summed E-state index contributed by atoms with van der Waals surface area (Å²) in [4.78, 5) is 16.5. The minimum Gasteiger partial charge on any atom is -0.497 e. The molecule has 0 radical (unpaired) electrons. The zero-order chi connectivity index (χ0) is 17.6. The van der Waals surface area contributed by atoms with Gasteiger partial charge in [0.05, 0.1) is 7.11 Å². The Kier molecular flexibility index (Phi) is 5.42. The molecule has 0 saturated carbocycles. The molecule has 7 heteroatoms. The predicted molar refractivity (Wildman–Crippen MR) is 96.1 cm³/mol. The van der Waals surface area contributed by atoms with Crippen LogP contribution in [0.25, 0.3) is 0 Å². The highest BCUT2D eigenvalue weighted by Crippen LogP contribution is 2.20. The van der Waals surface area contributed by atoms with Crippen LogP contribution < -0.4 is 15.0 Å². The molecule has 1 aromatic carbocycles. The lowest BCUT2D eigenvalue weighted by molar-refractivity contribution is -0.131. The van der Waals surface area contributed by atoms with Crippen LogP contribution in [0.3, 0.4) is 0 Å². The Morgan fingerprint density at radius 2 is 1.96 bits per heavy atom. The third-order valence-corrected chi connectivity index (χ3v) is 4.34. The van der Waals surface area contributed by atoms with E-state index in [1.165, 1.54) is 0 Å². The number of carbonyl (C=O) groups is 1. The van der Waals surface area contributed by atoms with E-state index in [1.54, 1.807) is 7.11 Å². The molecule has 1 N–H and O–H groups in total. The van der Waals surface area contributed by atoms with Gasteiger partial charge < -0.3 is 24.4 Å². The highest BCUT2D eigenvalue weighted by Gasteiger charge is 2.21. The molecule has 134 valence electrons. The maximum Gasteiger partial charge on any atom is 0.224 e. The van der Waals surface area contributed by atoms with Gasteiger partial charge in [0.15, 0.2) is 5.82 Å². The smallest absolute Gasteiger partial charge is 0.224 e. The second kappa shape index (κ2) is 7.92. The lowest BCUT2D eigenvalue weighted by atomic mass is 10.2. The quantitative estimate of drug-likeness (QED) is 0.866. The predicted octanol–water partition coefficient (Wildman–Crippen LogP) is 2.14. The molecule has 0 bridgehead atoms. The topological polar surface area (TPSA) is 70.8 Å². The molecule has 1 fully saturated rings. The average Bonchev–Trinajstić information content (AvgIpc) is 3.07. The third kappa shape index (κ3) is 4.43. The fourth-order valence-electron chi connectivity index (χ4n) is 2.91. The molecule has 0 spiro atoms. The summed E-state index contributed by atoms with van der Waals surface area (Å²) in [5.41, 5.74) is 1.16. The van der Waals surface area contributed by atoms with Crippen molar-refractivity contribution < 1.29 is 14.1 Å². The number of nitrogens with zero attached hydrogens (tertiary/aromatic N) is 3.